The van der Waals surface area contributed by atoms with Gasteiger partial charge < -0.3 is 4.74 Å². The molecule has 0 radical (unpaired) electrons. The normalized spacial score (nSPS) is 14.9. The van der Waals surface area contributed by atoms with Gasteiger partial charge in [-0.15, -0.1) is 0 Å². The van der Waals surface area contributed by atoms with Gasteiger partial charge in [0.15, 0.2) is 0 Å². The minimum atomic E-state index is -3.74. The van der Waals surface area contributed by atoms with Gasteiger partial charge in [0, 0.05) is 30.2 Å². The van der Waals surface area contributed by atoms with Gasteiger partial charge in [-0.05, 0) is 37.1 Å². The Balaban J connectivity index is 1.56. The van der Waals surface area contributed by atoms with E-state index in [4.69, 9.17) is 16.3 Å². The number of sulfonamides is 1. The lowest BCUT2D eigenvalue weighted by Gasteiger charge is -2.17. The monoisotopic (exact) mass is 430 g/mol. The number of para-hydroxylation sites is 1. The number of hydrogen-bond acceptors (Lipinski definition) is 5. The number of hydrogen-bond donors (Lipinski definition) is 0. The van der Waals surface area contributed by atoms with Crippen molar-refractivity contribution in [1.82, 2.24) is 9.29 Å². The fourth-order valence-corrected chi connectivity index (χ4v) is 5.42. The third-order valence-electron chi connectivity index (χ3n) is 4.92. The molecule has 0 unspecified atom stereocenters. The van der Waals surface area contributed by atoms with E-state index in [2.05, 4.69) is 4.98 Å². The molecule has 8 heteroatoms. The van der Waals surface area contributed by atoms with Crippen molar-refractivity contribution < 1.29 is 17.9 Å². The van der Waals surface area contributed by atoms with Crippen molar-refractivity contribution in [1.29, 1.82) is 0 Å². The quantitative estimate of drug-likeness (QED) is 0.571. The highest BCUT2D eigenvalue weighted by Crippen LogP contribution is 2.28. The number of fused-ring (bicyclic) bond motifs is 1. The summed E-state index contributed by atoms with van der Waals surface area (Å²) in [5, 5.41) is 1.04. The van der Waals surface area contributed by atoms with Crippen LogP contribution in [0.1, 0.15) is 28.8 Å². The number of rotatable bonds is 5. The van der Waals surface area contributed by atoms with Gasteiger partial charge >= 0.3 is 5.97 Å². The summed E-state index contributed by atoms with van der Waals surface area (Å²) in [6.07, 6.45) is 3.32. The SMILES string of the molecule is O=C(OCc1cccc2cccnc12)c1ccc(Cl)c(S(=O)(=O)N2CCCC2)c1. The molecule has 0 N–H and O–H groups in total. The van der Waals surface area contributed by atoms with Gasteiger partial charge in [0.25, 0.3) is 0 Å². The van der Waals surface area contributed by atoms with Gasteiger partial charge in [-0.3, -0.25) is 4.98 Å². The zero-order valence-corrected chi connectivity index (χ0v) is 17.1. The molecule has 1 fully saturated rings. The summed E-state index contributed by atoms with van der Waals surface area (Å²) in [4.78, 5) is 16.8. The van der Waals surface area contributed by atoms with E-state index in [1.54, 1.807) is 6.20 Å². The molecule has 1 saturated heterocycles. The minimum Gasteiger partial charge on any atom is -0.457 e. The molecule has 1 aromatic heterocycles. The molecular formula is C21H19ClN2O4S. The van der Waals surface area contributed by atoms with E-state index in [1.807, 2.05) is 30.3 Å². The number of ether oxygens (including phenoxy) is 1. The molecule has 2 aromatic carbocycles. The number of carbonyl (C=O) groups is 1. The van der Waals surface area contributed by atoms with Crippen LogP contribution >= 0.6 is 11.6 Å². The van der Waals surface area contributed by atoms with Crippen molar-refractivity contribution in [2.45, 2.75) is 24.3 Å². The van der Waals surface area contributed by atoms with Gasteiger partial charge in [0.2, 0.25) is 10.0 Å². The van der Waals surface area contributed by atoms with Crippen LogP contribution in [-0.4, -0.2) is 36.8 Å². The zero-order valence-electron chi connectivity index (χ0n) is 15.5. The van der Waals surface area contributed by atoms with E-state index in [9.17, 15) is 13.2 Å². The highest BCUT2D eigenvalue weighted by Gasteiger charge is 2.30. The molecule has 4 rings (SSSR count). The molecule has 1 aliphatic heterocycles. The van der Waals surface area contributed by atoms with Crippen LogP contribution in [0.25, 0.3) is 10.9 Å². The standard InChI is InChI=1S/C21H19ClN2O4S/c22-18-9-8-16(13-19(18)29(26,27)24-11-1-2-12-24)21(25)28-14-17-6-3-5-15-7-4-10-23-20(15)17/h3-10,13H,1-2,11-12,14H2. The topological polar surface area (TPSA) is 76.6 Å². The van der Waals surface area contributed by atoms with E-state index in [0.29, 0.717) is 13.1 Å². The van der Waals surface area contributed by atoms with Crippen LogP contribution in [0.4, 0.5) is 0 Å². The lowest BCUT2D eigenvalue weighted by Crippen LogP contribution is -2.28. The van der Waals surface area contributed by atoms with Gasteiger partial charge in [-0.1, -0.05) is 35.9 Å². The number of esters is 1. The van der Waals surface area contributed by atoms with Crippen LogP contribution in [0.5, 0.6) is 0 Å². The molecule has 0 atom stereocenters. The molecule has 6 nitrogen and oxygen atoms in total. The predicted molar refractivity (Wildman–Crippen MR) is 110 cm³/mol. The summed E-state index contributed by atoms with van der Waals surface area (Å²) >= 11 is 6.14. The first-order chi connectivity index (χ1) is 14.0. The summed E-state index contributed by atoms with van der Waals surface area (Å²) in [6.45, 7) is 0.951. The van der Waals surface area contributed by atoms with Crippen LogP contribution in [0, 0.1) is 0 Å². The van der Waals surface area contributed by atoms with E-state index in [1.165, 1.54) is 22.5 Å². The Morgan fingerprint density at radius 2 is 1.86 bits per heavy atom. The molecule has 2 heterocycles. The van der Waals surface area contributed by atoms with Crippen molar-refractivity contribution in [2.24, 2.45) is 0 Å². The molecule has 150 valence electrons. The first-order valence-electron chi connectivity index (χ1n) is 9.26. The molecule has 0 spiro atoms. The van der Waals surface area contributed by atoms with E-state index >= 15 is 0 Å². The second-order valence-electron chi connectivity index (χ2n) is 6.82. The highest BCUT2D eigenvalue weighted by atomic mass is 35.5. The van der Waals surface area contributed by atoms with Crippen LogP contribution in [0.2, 0.25) is 5.02 Å². The van der Waals surface area contributed by atoms with Crippen LogP contribution in [0.15, 0.2) is 59.6 Å². The molecule has 29 heavy (non-hydrogen) atoms. The Morgan fingerprint density at radius 3 is 2.66 bits per heavy atom. The first kappa shape index (κ1) is 19.8. The molecular weight excluding hydrogens is 412 g/mol. The minimum absolute atomic E-state index is 0.0318. The Bertz CT molecular complexity index is 1170. The van der Waals surface area contributed by atoms with E-state index < -0.39 is 16.0 Å². The highest BCUT2D eigenvalue weighted by molar-refractivity contribution is 7.89. The van der Waals surface area contributed by atoms with Crippen molar-refractivity contribution in [3.8, 4) is 0 Å². The average molecular weight is 431 g/mol. The third kappa shape index (κ3) is 3.99. The summed E-state index contributed by atoms with van der Waals surface area (Å²) in [7, 11) is -3.74. The van der Waals surface area contributed by atoms with Crippen molar-refractivity contribution in [2.75, 3.05) is 13.1 Å². The smallest absolute Gasteiger partial charge is 0.338 e. The molecule has 0 saturated carbocycles. The molecule has 0 bridgehead atoms. The molecule has 0 amide bonds. The largest absolute Gasteiger partial charge is 0.457 e. The van der Waals surface area contributed by atoms with Crippen molar-refractivity contribution >= 4 is 38.5 Å². The number of halogens is 1. The first-order valence-corrected chi connectivity index (χ1v) is 11.1. The van der Waals surface area contributed by atoms with Crippen LogP contribution in [0.3, 0.4) is 0 Å². The Morgan fingerprint density at radius 1 is 1.10 bits per heavy atom. The maximum atomic E-state index is 12.8. The van der Waals surface area contributed by atoms with Gasteiger partial charge in [0.1, 0.15) is 11.5 Å². The second-order valence-corrected chi connectivity index (χ2v) is 9.14. The molecule has 0 aliphatic carbocycles. The lowest BCUT2D eigenvalue weighted by atomic mass is 10.1. The predicted octanol–water partition coefficient (Wildman–Crippen LogP) is 4.03. The number of carbonyl (C=O) groups excluding carboxylic acids is 1. The third-order valence-corrected chi connectivity index (χ3v) is 7.31. The van der Waals surface area contributed by atoms with E-state index in [0.717, 1.165) is 29.3 Å². The number of pyridine rings is 1. The van der Waals surface area contributed by atoms with Crippen molar-refractivity contribution in [3.63, 3.8) is 0 Å². The number of benzene rings is 2. The zero-order chi connectivity index (χ0) is 20.4. The Kier molecular flexibility index (Phi) is 5.54. The summed E-state index contributed by atoms with van der Waals surface area (Å²) in [6, 6.07) is 13.6. The lowest BCUT2D eigenvalue weighted by molar-refractivity contribution is 0.0474. The summed E-state index contributed by atoms with van der Waals surface area (Å²) in [5.74, 6) is -0.618. The summed E-state index contributed by atoms with van der Waals surface area (Å²) < 4.78 is 32.5. The van der Waals surface area contributed by atoms with Crippen LogP contribution < -0.4 is 0 Å². The number of aromatic nitrogens is 1. The molecule has 3 aromatic rings. The van der Waals surface area contributed by atoms with Gasteiger partial charge in [0.05, 0.1) is 16.1 Å². The van der Waals surface area contributed by atoms with Gasteiger partial charge in [-0.2, -0.15) is 4.31 Å². The molecule has 1 aliphatic rings. The van der Waals surface area contributed by atoms with E-state index in [-0.39, 0.29) is 22.1 Å². The van der Waals surface area contributed by atoms with Crippen LogP contribution in [-0.2, 0) is 21.4 Å². The Hall–Kier alpha value is -2.48. The Labute approximate surface area is 174 Å². The fraction of sp³-hybridized carbons (Fsp3) is 0.238. The fourth-order valence-electron chi connectivity index (χ4n) is 3.41. The maximum absolute atomic E-state index is 12.8. The average Bonchev–Trinajstić information content (AvgIpc) is 3.28. The van der Waals surface area contributed by atoms with Gasteiger partial charge in [-0.25, -0.2) is 13.2 Å². The second kappa shape index (κ2) is 8.10. The number of nitrogens with zero attached hydrogens (tertiary/aromatic N) is 2. The summed E-state index contributed by atoms with van der Waals surface area (Å²) in [5.41, 5.74) is 1.67. The maximum Gasteiger partial charge on any atom is 0.338 e. The van der Waals surface area contributed by atoms with Crippen molar-refractivity contribution in [3.05, 3.63) is 70.9 Å².